The van der Waals surface area contributed by atoms with Gasteiger partial charge in [0.05, 0.1) is 16.5 Å². The van der Waals surface area contributed by atoms with Crippen LogP contribution in [-0.4, -0.2) is 4.92 Å². The third-order valence-corrected chi connectivity index (χ3v) is 3.13. The van der Waals surface area contributed by atoms with Crippen LogP contribution in [0.1, 0.15) is 17.2 Å². The zero-order valence-electron chi connectivity index (χ0n) is 9.08. The molecular formula is C11H10ClFN2O2S. The SMILES string of the molecule is Cl.N[C@H](c1ccsc1)c1cc(F)ccc1[N+](=O)[O-]. The minimum atomic E-state index is -0.683. The molecule has 1 aromatic heterocycles. The molecule has 0 radical (unpaired) electrons. The molecule has 0 aliphatic rings. The topological polar surface area (TPSA) is 69.2 Å². The predicted octanol–water partition coefficient (Wildman–Crippen LogP) is 3.27. The molecule has 1 atom stereocenters. The number of hydrogen-bond acceptors (Lipinski definition) is 4. The van der Waals surface area contributed by atoms with Crippen LogP contribution in [0.3, 0.4) is 0 Å². The van der Waals surface area contributed by atoms with Crippen molar-refractivity contribution >= 4 is 29.4 Å². The highest BCUT2D eigenvalue weighted by molar-refractivity contribution is 7.08. The maximum Gasteiger partial charge on any atom is 0.274 e. The first-order chi connectivity index (χ1) is 8.09. The molecule has 0 aliphatic heterocycles. The summed E-state index contributed by atoms with van der Waals surface area (Å²) in [6.45, 7) is 0. The van der Waals surface area contributed by atoms with E-state index >= 15 is 0 Å². The largest absolute Gasteiger partial charge is 0.320 e. The van der Waals surface area contributed by atoms with E-state index in [9.17, 15) is 14.5 Å². The van der Waals surface area contributed by atoms with Crippen molar-refractivity contribution in [2.75, 3.05) is 0 Å². The van der Waals surface area contributed by atoms with Gasteiger partial charge in [-0.15, -0.1) is 12.4 Å². The molecule has 2 N–H and O–H groups in total. The van der Waals surface area contributed by atoms with Gasteiger partial charge < -0.3 is 5.73 Å². The summed E-state index contributed by atoms with van der Waals surface area (Å²) in [5.41, 5.74) is 6.67. The van der Waals surface area contributed by atoms with E-state index < -0.39 is 16.8 Å². The van der Waals surface area contributed by atoms with E-state index in [1.54, 1.807) is 11.4 Å². The van der Waals surface area contributed by atoms with Gasteiger partial charge in [-0.1, -0.05) is 0 Å². The van der Waals surface area contributed by atoms with Crippen LogP contribution in [0.5, 0.6) is 0 Å². The molecule has 2 rings (SSSR count). The van der Waals surface area contributed by atoms with Gasteiger partial charge in [-0.05, 0) is 34.5 Å². The number of nitro groups is 1. The lowest BCUT2D eigenvalue weighted by Crippen LogP contribution is -2.13. The Morgan fingerprint density at radius 3 is 2.67 bits per heavy atom. The van der Waals surface area contributed by atoms with Crippen LogP contribution in [0, 0.1) is 15.9 Å². The molecular weight excluding hydrogens is 279 g/mol. The third kappa shape index (κ3) is 2.84. The van der Waals surface area contributed by atoms with Gasteiger partial charge in [0.1, 0.15) is 5.82 Å². The molecule has 1 aromatic carbocycles. The summed E-state index contributed by atoms with van der Waals surface area (Å²) in [5, 5.41) is 14.4. The Bertz CT molecular complexity index is 548. The summed E-state index contributed by atoms with van der Waals surface area (Å²) in [4.78, 5) is 10.3. The van der Waals surface area contributed by atoms with Gasteiger partial charge in [0.15, 0.2) is 0 Å². The van der Waals surface area contributed by atoms with Crippen molar-refractivity contribution in [1.82, 2.24) is 0 Å². The second-order valence-corrected chi connectivity index (χ2v) is 4.27. The van der Waals surface area contributed by atoms with Crippen LogP contribution in [0.4, 0.5) is 10.1 Å². The lowest BCUT2D eigenvalue weighted by molar-refractivity contribution is -0.385. The van der Waals surface area contributed by atoms with Crippen molar-refractivity contribution in [2.45, 2.75) is 6.04 Å². The molecule has 7 heteroatoms. The highest BCUT2D eigenvalue weighted by Crippen LogP contribution is 2.29. The fraction of sp³-hybridized carbons (Fsp3) is 0.0909. The number of rotatable bonds is 3. The first kappa shape index (κ1) is 14.6. The molecule has 0 amide bonds. The van der Waals surface area contributed by atoms with E-state index in [4.69, 9.17) is 5.73 Å². The number of nitrogens with two attached hydrogens (primary N) is 1. The zero-order chi connectivity index (χ0) is 12.4. The van der Waals surface area contributed by atoms with Gasteiger partial charge in [-0.25, -0.2) is 4.39 Å². The molecule has 0 bridgehead atoms. The van der Waals surface area contributed by atoms with Gasteiger partial charge in [-0.3, -0.25) is 10.1 Å². The number of nitrogens with zero attached hydrogens (tertiary/aromatic N) is 1. The van der Waals surface area contributed by atoms with E-state index in [0.29, 0.717) is 0 Å². The van der Waals surface area contributed by atoms with Crippen LogP contribution in [0.15, 0.2) is 35.0 Å². The van der Waals surface area contributed by atoms with Crippen molar-refractivity contribution in [3.8, 4) is 0 Å². The Morgan fingerprint density at radius 2 is 2.11 bits per heavy atom. The first-order valence-electron chi connectivity index (χ1n) is 4.81. The molecule has 2 aromatic rings. The fourth-order valence-electron chi connectivity index (χ4n) is 1.57. The molecule has 18 heavy (non-hydrogen) atoms. The Morgan fingerprint density at radius 1 is 1.39 bits per heavy atom. The standard InChI is InChI=1S/C11H9FN2O2S.ClH/c12-8-1-2-10(14(15)16)9(5-8)11(13)7-3-4-17-6-7;/h1-6,11H,13H2;1H/t11-;/m1./s1. The normalized spacial score (nSPS) is 11.7. The van der Waals surface area contributed by atoms with Gasteiger partial charge in [0, 0.05) is 6.07 Å². The summed E-state index contributed by atoms with van der Waals surface area (Å²) < 4.78 is 13.1. The van der Waals surface area contributed by atoms with Crippen LogP contribution in [0.2, 0.25) is 0 Å². The zero-order valence-corrected chi connectivity index (χ0v) is 10.7. The monoisotopic (exact) mass is 288 g/mol. The smallest absolute Gasteiger partial charge is 0.274 e. The molecule has 0 unspecified atom stereocenters. The number of nitro benzene ring substituents is 1. The maximum absolute atomic E-state index is 13.1. The van der Waals surface area contributed by atoms with E-state index in [0.717, 1.165) is 23.8 Å². The average molecular weight is 289 g/mol. The van der Waals surface area contributed by atoms with Gasteiger partial charge >= 0.3 is 0 Å². The van der Waals surface area contributed by atoms with Crippen molar-refractivity contribution in [3.05, 3.63) is 62.1 Å². The molecule has 0 spiro atoms. The van der Waals surface area contributed by atoms with Gasteiger partial charge in [0.25, 0.3) is 5.69 Å². The van der Waals surface area contributed by atoms with Crippen LogP contribution >= 0.6 is 23.7 Å². The number of hydrogen-bond donors (Lipinski definition) is 1. The highest BCUT2D eigenvalue weighted by atomic mass is 35.5. The predicted molar refractivity (Wildman–Crippen MR) is 70.7 cm³/mol. The second kappa shape index (κ2) is 5.90. The van der Waals surface area contributed by atoms with Gasteiger partial charge in [0.2, 0.25) is 0 Å². The van der Waals surface area contributed by atoms with E-state index in [-0.39, 0.29) is 23.7 Å². The Labute approximate surface area is 113 Å². The molecule has 0 saturated heterocycles. The number of thiophene rings is 1. The molecule has 4 nitrogen and oxygen atoms in total. The van der Waals surface area contributed by atoms with Gasteiger partial charge in [-0.2, -0.15) is 11.3 Å². The fourth-order valence-corrected chi connectivity index (χ4v) is 2.27. The summed E-state index contributed by atoms with van der Waals surface area (Å²) in [5.74, 6) is -0.531. The number of halogens is 2. The minimum Gasteiger partial charge on any atom is -0.320 e. The van der Waals surface area contributed by atoms with Crippen LogP contribution < -0.4 is 5.73 Å². The average Bonchev–Trinajstić information content (AvgIpc) is 2.80. The number of benzene rings is 1. The van der Waals surface area contributed by atoms with Crippen LogP contribution in [-0.2, 0) is 0 Å². The van der Waals surface area contributed by atoms with E-state index in [2.05, 4.69) is 0 Å². The van der Waals surface area contributed by atoms with E-state index in [1.165, 1.54) is 11.3 Å². The van der Waals surface area contributed by atoms with Crippen molar-refractivity contribution in [2.24, 2.45) is 5.73 Å². The quantitative estimate of drug-likeness (QED) is 0.696. The molecule has 0 saturated carbocycles. The summed E-state index contributed by atoms with van der Waals surface area (Å²) in [6, 6.07) is 4.39. The Kier molecular flexibility index (Phi) is 4.77. The summed E-state index contributed by atoms with van der Waals surface area (Å²) >= 11 is 1.44. The van der Waals surface area contributed by atoms with E-state index in [1.807, 2.05) is 5.38 Å². The first-order valence-corrected chi connectivity index (χ1v) is 5.75. The molecule has 96 valence electrons. The molecule has 1 heterocycles. The highest BCUT2D eigenvalue weighted by Gasteiger charge is 2.21. The lowest BCUT2D eigenvalue weighted by Gasteiger charge is -2.10. The summed E-state index contributed by atoms with van der Waals surface area (Å²) in [7, 11) is 0. The van der Waals surface area contributed by atoms with Crippen molar-refractivity contribution in [3.63, 3.8) is 0 Å². The van der Waals surface area contributed by atoms with Crippen LogP contribution in [0.25, 0.3) is 0 Å². The molecule has 0 aliphatic carbocycles. The Balaban J connectivity index is 0.00000162. The summed E-state index contributed by atoms with van der Waals surface area (Å²) in [6.07, 6.45) is 0. The van der Waals surface area contributed by atoms with Crippen molar-refractivity contribution in [1.29, 1.82) is 0 Å². The van der Waals surface area contributed by atoms with Crippen molar-refractivity contribution < 1.29 is 9.31 Å². The lowest BCUT2D eigenvalue weighted by atomic mass is 10.0. The minimum absolute atomic E-state index is 0. The second-order valence-electron chi connectivity index (χ2n) is 3.49. The Hall–Kier alpha value is -1.50. The maximum atomic E-state index is 13.1. The molecule has 0 fully saturated rings. The third-order valence-electron chi connectivity index (χ3n) is 2.42.